The molecule has 2 aromatic carbocycles. The van der Waals surface area contributed by atoms with Crippen LogP contribution in [0.25, 0.3) is 11.0 Å². The first-order chi connectivity index (χ1) is 10.7. The normalized spacial score (nSPS) is 10.9. The Bertz CT molecular complexity index is 861. The van der Waals surface area contributed by atoms with Crippen LogP contribution < -0.4 is 5.43 Å². The molecule has 0 saturated heterocycles. The van der Waals surface area contributed by atoms with Crippen molar-refractivity contribution < 1.29 is 9.90 Å². The lowest BCUT2D eigenvalue weighted by Gasteiger charge is -2.00. The smallest absolute Gasteiger partial charge is 0.271 e. The average Bonchev–Trinajstić information content (AvgIpc) is 2.54. The van der Waals surface area contributed by atoms with Crippen molar-refractivity contribution in [3.05, 3.63) is 66.0 Å². The van der Waals surface area contributed by atoms with E-state index in [2.05, 4.69) is 20.5 Å². The van der Waals surface area contributed by atoms with Crippen LogP contribution in [0.1, 0.15) is 16.1 Å². The summed E-state index contributed by atoms with van der Waals surface area (Å²) in [4.78, 5) is 20.4. The minimum atomic E-state index is -0.416. The molecule has 3 rings (SSSR count). The highest BCUT2D eigenvalue weighted by Crippen LogP contribution is 2.10. The van der Waals surface area contributed by atoms with Crippen LogP contribution in [0, 0.1) is 0 Å². The topological polar surface area (TPSA) is 87.5 Å². The van der Waals surface area contributed by atoms with Gasteiger partial charge >= 0.3 is 0 Å². The number of rotatable bonds is 3. The summed E-state index contributed by atoms with van der Waals surface area (Å²) in [6.07, 6.45) is 2.99. The number of hydrogen-bond donors (Lipinski definition) is 2. The SMILES string of the molecule is O=C(N/N=C\c1cnc2ccccc2n1)c1cccc(O)c1. The van der Waals surface area contributed by atoms with E-state index in [4.69, 9.17) is 0 Å². The summed E-state index contributed by atoms with van der Waals surface area (Å²) in [7, 11) is 0. The Hall–Kier alpha value is -3.28. The van der Waals surface area contributed by atoms with Crippen LogP contribution in [-0.4, -0.2) is 27.2 Å². The number of nitrogens with zero attached hydrogens (tertiary/aromatic N) is 3. The van der Waals surface area contributed by atoms with Gasteiger partial charge in [-0.1, -0.05) is 18.2 Å². The summed E-state index contributed by atoms with van der Waals surface area (Å²) < 4.78 is 0. The Morgan fingerprint density at radius 2 is 1.95 bits per heavy atom. The van der Waals surface area contributed by atoms with E-state index in [1.807, 2.05) is 24.3 Å². The fraction of sp³-hybridized carbons (Fsp3) is 0. The maximum Gasteiger partial charge on any atom is 0.271 e. The maximum absolute atomic E-state index is 11.8. The van der Waals surface area contributed by atoms with Crippen molar-refractivity contribution in [1.29, 1.82) is 0 Å². The van der Waals surface area contributed by atoms with Crippen LogP contribution in [0.3, 0.4) is 0 Å². The number of amides is 1. The molecule has 0 saturated carbocycles. The van der Waals surface area contributed by atoms with Gasteiger partial charge in [-0.15, -0.1) is 0 Å². The van der Waals surface area contributed by atoms with Crippen LogP contribution >= 0.6 is 0 Å². The van der Waals surface area contributed by atoms with Crippen LogP contribution in [0.4, 0.5) is 0 Å². The molecule has 0 aliphatic heterocycles. The number of carbonyl (C=O) groups is 1. The first kappa shape index (κ1) is 13.7. The zero-order chi connectivity index (χ0) is 15.4. The average molecular weight is 292 g/mol. The number of aromatic hydroxyl groups is 1. The lowest BCUT2D eigenvalue weighted by molar-refractivity contribution is 0.0954. The largest absolute Gasteiger partial charge is 0.508 e. The molecule has 0 unspecified atom stereocenters. The van der Waals surface area contributed by atoms with E-state index in [0.717, 1.165) is 11.0 Å². The van der Waals surface area contributed by atoms with E-state index in [1.54, 1.807) is 18.3 Å². The Labute approximate surface area is 126 Å². The Morgan fingerprint density at radius 3 is 2.77 bits per heavy atom. The molecule has 22 heavy (non-hydrogen) atoms. The second kappa shape index (κ2) is 6.01. The molecule has 1 amide bonds. The molecule has 0 aliphatic carbocycles. The van der Waals surface area contributed by atoms with Gasteiger partial charge in [-0.3, -0.25) is 9.78 Å². The summed E-state index contributed by atoms with van der Waals surface area (Å²) >= 11 is 0. The molecule has 6 nitrogen and oxygen atoms in total. The van der Waals surface area contributed by atoms with Crippen LogP contribution in [0.15, 0.2) is 59.8 Å². The van der Waals surface area contributed by atoms with Gasteiger partial charge in [0.1, 0.15) is 11.4 Å². The van der Waals surface area contributed by atoms with E-state index in [-0.39, 0.29) is 5.75 Å². The second-order valence-electron chi connectivity index (χ2n) is 4.53. The van der Waals surface area contributed by atoms with Gasteiger partial charge < -0.3 is 5.11 Å². The third-order valence-corrected chi connectivity index (χ3v) is 2.94. The number of nitrogens with one attached hydrogen (secondary N) is 1. The number of aromatic nitrogens is 2. The number of hydrogen-bond acceptors (Lipinski definition) is 5. The van der Waals surface area contributed by atoms with E-state index in [1.165, 1.54) is 18.3 Å². The van der Waals surface area contributed by atoms with E-state index < -0.39 is 5.91 Å². The molecule has 0 aliphatic rings. The van der Waals surface area contributed by atoms with Gasteiger partial charge in [0.25, 0.3) is 5.91 Å². The molecule has 3 aromatic rings. The summed E-state index contributed by atoms with van der Waals surface area (Å²) in [5, 5.41) is 13.2. The van der Waals surface area contributed by atoms with Crippen molar-refractivity contribution in [2.75, 3.05) is 0 Å². The zero-order valence-electron chi connectivity index (χ0n) is 11.5. The molecule has 1 aromatic heterocycles. The number of fused-ring (bicyclic) bond motifs is 1. The molecule has 0 atom stereocenters. The number of carbonyl (C=O) groups excluding carboxylic acids is 1. The molecule has 0 radical (unpaired) electrons. The van der Waals surface area contributed by atoms with Crippen molar-refractivity contribution in [3.8, 4) is 5.75 Å². The summed E-state index contributed by atoms with van der Waals surface area (Å²) in [6.45, 7) is 0. The zero-order valence-corrected chi connectivity index (χ0v) is 11.5. The standard InChI is InChI=1S/C16H12N4O2/c21-13-5-3-4-11(8-13)16(22)20-18-10-12-9-17-14-6-1-2-7-15(14)19-12/h1-10,21H,(H,20,22)/b18-10-. The second-order valence-corrected chi connectivity index (χ2v) is 4.53. The van der Waals surface area contributed by atoms with Crippen molar-refractivity contribution >= 4 is 23.2 Å². The van der Waals surface area contributed by atoms with Gasteiger partial charge in [0.05, 0.1) is 23.4 Å². The highest BCUT2D eigenvalue weighted by Gasteiger charge is 2.04. The molecule has 108 valence electrons. The maximum atomic E-state index is 11.8. The minimum Gasteiger partial charge on any atom is -0.508 e. The predicted octanol–water partition coefficient (Wildman–Crippen LogP) is 2.10. The fourth-order valence-electron chi connectivity index (χ4n) is 1.90. The van der Waals surface area contributed by atoms with E-state index in [0.29, 0.717) is 11.3 Å². The summed E-state index contributed by atoms with van der Waals surface area (Å²) in [6, 6.07) is 13.5. The quantitative estimate of drug-likeness (QED) is 0.571. The monoisotopic (exact) mass is 292 g/mol. The minimum absolute atomic E-state index is 0.0250. The number of phenols is 1. The number of benzene rings is 2. The molecule has 0 bridgehead atoms. The van der Waals surface area contributed by atoms with Gasteiger partial charge in [-0.05, 0) is 30.3 Å². The summed E-state index contributed by atoms with van der Waals surface area (Å²) in [5.74, 6) is -0.391. The van der Waals surface area contributed by atoms with Gasteiger partial charge in [-0.25, -0.2) is 10.4 Å². The van der Waals surface area contributed by atoms with E-state index in [9.17, 15) is 9.90 Å². The first-order valence-corrected chi connectivity index (χ1v) is 6.56. The van der Waals surface area contributed by atoms with Crippen LogP contribution in [0.2, 0.25) is 0 Å². The molecular formula is C16H12N4O2. The van der Waals surface area contributed by atoms with Gasteiger partial charge in [0, 0.05) is 5.56 Å². The fourth-order valence-corrected chi connectivity index (χ4v) is 1.90. The highest BCUT2D eigenvalue weighted by molar-refractivity contribution is 5.95. The number of para-hydroxylation sites is 2. The lowest BCUT2D eigenvalue weighted by atomic mass is 10.2. The van der Waals surface area contributed by atoms with E-state index >= 15 is 0 Å². The lowest BCUT2D eigenvalue weighted by Crippen LogP contribution is -2.17. The van der Waals surface area contributed by atoms with Gasteiger partial charge in [-0.2, -0.15) is 5.10 Å². The summed E-state index contributed by atoms with van der Waals surface area (Å²) in [5.41, 5.74) is 4.78. The van der Waals surface area contributed by atoms with Crippen molar-refractivity contribution in [2.24, 2.45) is 5.10 Å². The molecular weight excluding hydrogens is 280 g/mol. The number of hydrazone groups is 1. The Morgan fingerprint density at radius 1 is 1.14 bits per heavy atom. The van der Waals surface area contributed by atoms with Crippen molar-refractivity contribution in [1.82, 2.24) is 15.4 Å². The van der Waals surface area contributed by atoms with Gasteiger partial charge in [0.2, 0.25) is 0 Å². The predicted molar refractivity (Wildman–Crippen MR) is 82.7 cm³/mol. The van der Waals surface area contributed by atoms with Gasteiger partial charge in [0.15, 0.2) is 0 Å². The number of phenolic OH excluding ortho intramolecular Hbond substituents is 1. The van der Waals surface area contributed by atoms with Crippen LogP contribution in [-0.2, 0) is 0 Å². The molecule has 0 fully saturated rings. The van der Waals surface area contributed by atoms with Crippen molar-refractivity contribution in [2.45, 2.75) is 0 Å². The molecule has 0 spiro atoms. The van der Waals surface area contributed by atoms with Crippen LogP contribution in [0.5, 0.6) is 5.75 Å². The first-order valence-electron chi connectivity index (χ1n) is 6.56. The van der Waals surface area contributed by atoms with Crippen molar-refractivity contribution in [3.63, 3.8) is 0 Å². The third-order valence-electron chi connectivity index (χ3n) is 2.94. The molecule has 2 N–H and O–H groups in total. The Kier molecular flexibility index (Phi) is 3.74. The highest BCUT2D eigenvalue weighted by atomic mass is 16.3. The third kappa shape index (κ3) is 3.06. The molecule has 1 heterocycles. The Balaban J connectivity index is 1.72. The molecule has 6 heteroatoms.